The number of carbonyl (C=O) groups is 3. The number of methoxy groups -OCH3 is 3. The summed E-state index contributed by atoms with van der Waals surface area (Å²) in [4.78, 5) is 66.6. The number of esters is 2. The highest BCUT2D eigenvalue weighted by Gasteiger charge is 2.27. The van der Waals surface area contributed by atoms with Gasteiger partial charge in [0.25, 0.3) is 0 Å². The van der Waals surface area contributed by atoms with Gasteiger partial charge in [-0.3, -0.25) is 14.4 Å². The monoisotopic (exact) mass is 1430 g/mol. The molecule has 0 bridgehead atoms. The first kappa shape index (κ1) is 82.1. The molecule has 0 radical (unpaired) electrons. The second kappa shape index (κ2) is 40.1. The van der Waals surface area contributed by atoms with E-state index in [1.165, 1.54) is 0 Å². The van der Waals surface area contributed by atoms with Crippen LogP contribution in [0.25, 0.3) is 4.85 Å². The number of carbonyl (C=O) groups excluding carboxylic acids is 2. The highest BCUT2D eigenvalue weighted by molar-refractivity contribution is 5.72. The normalized spacial score (nSPS) is 12.1. The van der Waals surface area contributed by atoms with Gasteiger partial charge in [0.05, 0.1) is 40.6 Å². The van der Waals surface area contributed by atoms with Crippen molar-refractivity contribution in [2.24, 2.45) is 0 Å². The molecule has 104 heavy (non-hydrogen) atoms. The summed E-state index contributed by atoms with van der Waals surface area (Å²) in [6, 6.07) is 17.0. The molecule has 0 aliphatic carbocycles. The maximum absolute atomic E-state index is 12.6. The van der Waals surface area contributed by atoms with E-state index in [9.17, 15) is 19.5 Å². The van der Waals surface area contributed by atoms with Crippen LogP contribution in [-0.4, -0.2) is 145 Å². The molecule has 30 nitrogen and oxygen atoms in total. The average molecular weight is 1430 g/mol. The molecule has 12 N–H and O–H groups in total. The van der Waals surface area contributed by atoms with Crippen LogP contribution < -0.4 is 47.4 Å². The quantitative estimate of drug-likeness (QED) is 0.0132. The van der Waals surface area contributed by atoms with E-state index in [4.69, 9.17) is 47.5 Å². The molecule has 8 aromatic rings. The molecular weight excluding hydrogens is 1330 g/mol. The molecule has 30 heteroatoms. The molecule has 0 unspecified atom stereocenters. The molecule has 3 aromatic carbocycles. The lowest BCUT2D eigenvalue weighted by Crippen LogP contribution is -2.30. The molecule has 8 rings (SSSR count). The molecule has 560 valence electrons. The molecule has 0 aliphatic rings. The fourth-order valence-electron chi connectivity index (χ4n) is 11.6. The van der Waals surface area contributed by atoms with Gasteiger partial charge in [-0.15, -0.1) is 20.4 Å². The standard InChI is InChI=1S/C26H38N8O3.C26H37N5O3.C22H30N8O3/c1-7-8-9-19(15-23(35)37-26(3,4)5)29-24-20(16(2)28-25(27)30-24)14-18-12-17(10-11-21(18)36-6)13-22-31-33-34-32-22;1-8-9-10-20(15-23(32)34-26(3,4)5)30-24-21(17(2)29-25(27)31-24)14-19-13-18(16-28-6)11-12-22(19)33-7;1-4-5-6-16(12-20(31)32)25-21-17(13(2)24-22(23)26-21)11-15-9-14(7-8-18(15)33-3)10-19-27-29-30-28-19/h10-12,19H,7-9,13-15H2,1-6H3,(H3,27,28,29,30)(H,31,32,33,34);11-13,20H,8-10,14-16H2,1-5,7H3,(H3,27,29,30,31);7-9,16H,4-6,10-12H2,1-3H3,(H,31,32)(H3,23,24,25,26)(H,27,28,29,30)/t19-;20-;16-/m000/s1. The number of anilines is 6. The molecule has 0 aliphatic heterocycles. The number of aromatic nitrogens is 14. The van der Waals surface area contributed by atoms with Crippen LogP contribution >= 0.6 is 0 Å². The fourth-order valence-corrected chi connectivity index (χ4v) is 11.6. The zero-order chi connectivity index (χ0) is 76.1. The number of carboxylic acids is 1. The first-order valence-electron chi connectivity index (χ1n) is 35.1. The number of H-pyrrole nitrogens is 2. The summed E-state index contributed by atoms with van der Waals surface area (Å²) < 4.78 is 27.9. The molecule has 5 heterocycles. The van der Waals surface area contributed by atoms with E-state index in [0.717, 1.165) is 136 Å². The Morgan fingerprint density at radius 1 is 0.510 bits per heavy atom. The van der Waals surface area contributed by atoms with Crippen molar-refractivity contribution in [3.63, 3.8) is 0 Å². The second-order valence-corrected chi connectivity index (χ2v) is 27.4. The number of carboxylic acid groups (broad SMARTS) is 1. The van der Waals surface area contributed by atoms with E-state index >= 15 is 0 Å². The van der Waals surface area contributed by atoms with Gasteiger partial charge < -0.3 is 66.8 Å². The minimum absolute atomic E-state index is 0.00803. The number of unbranched alkanes of at least 4 members (excludes halogenated alkanes) is 3. The molecule has 0 saturated carbocycles. The predicted octanol–water partition coefficient (Wildman–Crippen LogP) is 11.4. The average Bonchev–Trinajstić information content (AvgIpc) is 0.868. The Hall–Kier alpha value is -10.9. The van der Waals surface area contributed by atoms with E-state index < -0.39 is 17.2 Å². The highest BCUT2D eigenvalue weighted by atomic mass is 16.6. The Morgan fingerprint density at radius 3 is 1.12 bits per heavy atom. The Kier molecular flexibility index (Phi) is 31.7. The van der Waals surface area contributed by atoms with Gasteiger partial charge in [0, 0.05) is 89.6 Å². The van der Waals surface area contributed by atoms with Gasteiger partial charge in [0.15, 0.2) is 11.6 Å². The number of aromatic amines is 2. The predicted molar refractivity (Wildman–Crippen MR) is 399 cm³/mol. The number of aliphatic carboxylic acids is 1. The number of aryl methyl sites for hydroxylation is 3. The highest BCUT2D eigenvalue weighted by Crippen LogP contribution is 2.33. The van der Waals surface area contributed by atoms with Crippen molar-refractivity contribution in [2.75, 3.05) is 54.5 Å². The third-order valence-corrected chi connectivity index (χ3v) is 16.4. The van der Waals surface area contributed by atoms with E-state index in [1.54, 1.807) is 21.3 Å². The number of hydrogen-bond donors (Lipinski definition) is 9. The first-order chi connectivity index (χ1) is 49.5. The SMILES string of the molecule is CCCC[C@@H](CC(=O)O)Nc1nc(N)nc(C)c1Cc1cc(Cc2nn[nH]n2)ccc1OC.CCCC[C@@H](CC(=O)OC(C)(C)C)Nc1nc(N)nc(C)c1Cc1cc(Cc2nn[nH]n2)ccc1OC.[C-]#[N+]Cc1ccc(OC)c(Cc2c(C)nc(N)nc2N[C@@H](CCCC)CC(=O)OC(C)(C)C)c1. The number of tetrazole rings is 2. The first-order valence-corrected chi connectivity index (χ1v) is 35.1. The van der Waals surface area contributed by atoms with E-state index in [-0.39, 0.29) is 67.2 Å². The van der Waals surface area contributed by atoms with Gasteiger partial charge in [-0.2, -0.15) is 25.4 Å². The number of nitrogen functional groups attached to an aromatic ring is 3. The number of nitrogens with one attached hydrogen (secondary N) is 5. The smallest absolute Gasteiger partial charge is 0.308 e. The van der Waals surface area contributed by atoms with Crippen molar-refractivity contribution in [3.05, 3.63) is 145 Å². The van der Waals surface area contributed by atoms with Gasteiger partial charge in [-0.1, -0.05) is 94.0 Å². The van der Waals surface area contributed by atoms with E-state index in [2.05, 4.69) is 119 Å². The van der Waals surface area contributed by atoms with Gasteiger partial charge in [0.1, 0.15) is 45.9 Å². The number of nitrogens with two attached hydrogens (primary N) is 3. The van der Waals surface area contributed by atoms with Crippen molar-refractivity contribution >= 4 is 53.2 Å². The Morgan fingerprint density at radius 2 is 0.837 bits per heavy atom. The number of rotatable bonds is 35. The van der Waals surface area contributed by atoms with Gasteiger partial charge in [0.2, 0.25) is 24.4 Å². The maximum Gasteiger partial charge on any atom is 0.308 e. The third-order valence-electron chi connectivity index (χ3n) is 16.4. The lowest BCUT2D eigenvalue weighted by Gasteiger charge is -2.24. The lowest BCUT2D eigenvalue weighted by molar-refractivity contribution is -0.156. The second-order valence-electron chi connectivity index (χ2n) is 27.4. The van der Waals surface area contributed by atoms with Crippen LogP contribution in [0.2, 0.25) is 0 Å². The zero-order valence-electron chi connectivity index (χ0n) is 62.9. The largest absolute Gasteiger partial charge is 0.496 e. The molecule has 0 fully saturated rings. The summed E-state index contributed by atoms with van der Waals surface area (Å²) in [7, 11) is 4.89. The van der Waals surface area contributed by atoms with Crippen LogP contribution in [0.1, 0.15) is 218 Å². The van der Waals surface area contributed by atoms with Crippen molar-refractivity contribution in [2.45, 2.75) is 228 Å². The van der Waals surface area contributed by atoms with E-state index in [1.807, 2.05) is 111 Å². The van der Waals surface area contributed by atoms with Crippen LogP contribution in [0.3, 0.4) is 0 Å². The van der Waals surface area contributed by atoms with Crippen molar-refractivity contribution in [1.82, 2.24) is 71.2 Å². The van der Waals surface area contributed by atoms with E-state index in [0.29, 0.717) is 74.2 Å². The van der Waals surface area contributed by atoms with Crippen LogP contribution in [0.5, 0.6) is 17.2 Å². The minimum atomic E-state index is -0.861. The van der Waals surface area contributed by atoms with Gasteiger partial charge >= 0.3 is 17.9 Å². The summed E-state index contributed by atoms with van der Waals surface area (Å²) in [6.45, 7) is 30.6. The number of nitrogens with zero attached hydrogens (tertiary/aromatic N) is 13. The minimum Gasteiger partial charge on any atom is -0.496 e. The summed E-state index contributed by atoms with van der Waals surface area (Å²) in [5.41, 5.74) is 27.5. The maximum atomic E-state index is 12.6. The van der Waals surface area contributed by atoms with Crippen LogP contribution in [0.4, 0.5) is 35.3 Å². The number of hydrogen-bond acceptors (Lipinski definition) is 26. The van der Waals surface area contributed by atoms with Crippen LogP contribution in [0, 0.1) is 27.3 Å². The lowest BCUT2D eigenvalue weighted by atomic mass is 9.99. The summed E-state index contributed by atoms with van der Waals surface area (Å²) >= 11 is 0. The number of ether oxygens (including phenoxy) is 5. The molecule has 5 aromatic heterocycles. The molecule has 0 spiro atoms. The molecule has 0 amide bonds. The topological polar surface area (TPSA) is 422 Å². The molecular formula is C74H105N21O9. The summed E-state index contributed by atoms with van der Waals surface area (Å²) in [5, 5.41) is 47.9. The van der Waals surface area contributed by atoms with Crippen LogP contribution in [-0.2, 0) is 62.5 Å². The summed E-state index contributed by atoms with van der Waals surface area (Å²) in [6.07, 6.45) is 11.1. The Balaban J connectivity index is 0.000000245. The van der Waals surface area contributed by atoms with Crippen LogP contribution in [0.15, 0.2) is 54.6 Å². The fraction of sp³-hybridized carbons (Fsp3) is 0.514. The third kappa shape index (κ3) is 27.2. The Labute approximate surface area is 609 Å². The van der Waals surface area contributed by atoms with Crippen molar-refractivity contribution in [1.29, 1.82) is 0 Å². The molecule has 0 saturated heterocycles. The van der Waals surface area contributed by atoms with Gasteiger partial charge in [-0.05, 0) is 140 Å². The number of benzene rings is 3. The van der Waals surface area contributed by atoms with Crippen molar-refractivity contribution < 1.29 is 43.2 Å². The summed E-state index contributed by atoms with van der Waals surface area (Å²) in [5.74, 6) is 4.27. The Bertz CT molecular complexity index is 4100. The molecule has 3 atom stereocenters. The van der Waals surface area contributed by atoms with Crippen molar-refractivity contribution in [3.8, 4) is 17.2 Å². The zero-order valence-corrected chi connectivity index (χ0v) is 62.9. The van der Waals surface area contributed by atoms with Gasteiger partial charge in [-0.25, -0.2) is 21.5 Å².